The van der Waals surface area contributed by atoms with Crippen LogP contribution in [0.3, 0.4) is 0 Å². The first kappa shape index (κ1) is 14.8. The van der Waals surface area contributed by atoms with Crippen LogP contribution in [0, 0.1) is 5.92 Å². The van der Waals surface area contributed by atoms with Gasteiger partial charge in [-0.05, 0) is 43.0 Å². The molecule has 0 aromatic heterocycles. The number of rotatable bonds is 3. The molecule has 1 heterocycles. The number of para-hydroxylation sites is 2. The largest absolute Gasteiger partial charge is 0.351 e. The van der Waals surface area contributed by atoms with Gasteiger partial charge in [0.1, 0.15) is 5.70 Å². The van der Waals surface area contributed by atoms with Gasteiger partial charge in [-0.15, -0.1) is 0 Å². The molecule has 0 unspecified atom stereocenters. The number of allylic oxidation sites excluding steroid dienone is 2. The van der Waals surface area contributed by atoms with Crippen molar-refractivity contribution >= 4 is 17.3 Å². The molecule has 0 saturated heterocycles. The van der Waals surface area contributed by atoms with Crippen LogP contribution in [0.1, 0.15) is 19.8 Å². The molecule has 2 aliphatic rings. The van der Waals surface area contributed by atoms with E-state index in [-0.39, 0.29) is 5.91 Å². The van der Waals surface area contributed by atoms with Crippen molar-refractivity contribution in [3.8, 4) is 0 Å². The van der Waals surface area contributed by atoms with Crippen LogP contribution in [0.15, 0.2) is 83.7 Å². The number of carbonyl (C=O) groups excluding carboxylic acids is 1. The fourth-order valence-electron chi connectivity index (χ4n) is 3.41. The third-order valence-corrected chi connectivity index (χ3v) is 4.59. The Kier molecular flexibility index (Phi) is 3.69. The molecule has 0 fully saturated rings. The van der Waals surface area contributed by atoms with Gasteiger partial charge in [-0.25, -0.2) is 0 Å². The fourth-order valence-corrected chi connectivity index (χ4v) is 3.41. The Morgan fingerprint density at radius 3 is 2.38 bits per heavy atom. The third kappa shape index (κ3) is 2.52. The first-order valence-electron chi connectivity index (χ1n) is 8.39. The summed E-state index contributed by atoms with van der Waals surface area (Å²) in [6.45, 7) is 2.23. The van der Waals surface area contributed by atoms with E-state index < -0.39 is 0 Å². The van der Waals surface area contributed by atoms with Gasteiger partial charge in [-0.2, -0.15) is 0 Å². The normalized spacial score (nSPS) is 20.0. The van der Waals surface area contributed by atoms with Crippen LogP contribution in [0.4, 0.5) is 11.4 Å². The molecule has 2 aromatic rings. The van der Waals surface area contributed by atoms with Gasteiger partial charge in [-0.3, -0.25) is 9.69 Å². The highest BCUT2D eigenvalue weighted by Gasteiger charge is 2.38. The van der Waals surface area contributed by atoms with Gasteiger partial charge >= 0.3 is 0 Å². The number of hydrogen-bond acceptors (Lipinski definition) is 2. The van der Waals surface area contributed by atoms with E-state index in [1.165, 1.54) is 0 Å². The van der Waals surface area contributed by atoms with Gasteiger partial charge in [0.15, 0.2) is 0 Å². The van der Waals surface area contributed by atoms with Crippen molar-refractivity contribution in [2.24, 2.45) is 5.92 Å². The molecular weight excluding hydrogens is 296 g/mol. The molecule has 3 heteroatoms. The number of amides is 1. The molecular formula is C21H20N2O. The number of nitrogens with zero attached hydrogens (tertiary/aromatic N) is 1. The minimum Gasteiger partial charge on any atom is -0.351 e. The van der Waals surface area contributed by atoms with Crippen molar-refractivity contribution < 1.29 is 4.79 Å². The summed E-state index contributed by atoms with van der Waals surface area (Å²) in [4.78, 5) is 15.0. The standard InChI is InChI=1S/C21H20N2O/c1-15-12-13-19-18(14-15)20(22-16-8-4-2-5-9-16)21(24)23(19)17-10-6-3-7-11-17/h2-11,13,15,22H,12,14H2,1H3/t15-/m0/s1. The Morgan fingerprint density at radius 2 is 1.67 bits per heavy atom. The van der Waals surface area contributed by atoms with Crippen LogP contribution >= 0.6 is 0 Å². The second-order valence-electron chi connectivity index (χ2n) is 6.46. The van der Waals surface area contributed by atoms with Crippen molar-refractivity contribution in [2.45, 2.75) is 19.8 Å². The number of benzene rings is 2. The summed E-state index contributed by atoms with van der Waals surface area (Å²) >= 11 is 0. The molecule has 1 aliphatic carbocycles. The van der Waals surface area contributed by atoms with E-state index in [1.54, 1.807) is 0 Å². The zero-order valence-corrected chi connectivity index (χ0v) is 13.7. The average molecular weight is 316 g/mol. The highest BCUT2D eigenvalue weighted by molar-refractivity contribution is 6.15. The summed E-state index contributed by atoms with van der Waals surface area (Å²) < 4.78 is 0. The van der Waals surface area contributed by atoms with Crippen molar-refractivity contribution in [1.29, 1.82) is 0 Å². The maximum Gasteiger partial charge on any atom is 0.279 e. The Morgan fingerprint density at radius 1 is 1.00 bits per heavy atom. The smallest absolute Gasteiger partial charge is 0.279 e. The van der Waals surface area contributed by atoms with E-state index in [2.05, 4.69) is 18.3 Å². The van der Waals surface area contributed by atoms with Crippen LogP contribution in [0.5, 0.6) is 0 Å². The first-order chi connectivity index (χ1) is 11.7. The average Bonchev–Trinajstić information content (AvgIpc) is 2.88. The second kappa shape index (κ2) is 6.00. The molecule has 120 valence electrons. The molecule has 24 heavy (non-hydrogen) atoms. The van der Waals surface area contributed by atoms with Crippen LogP contribution in [-0.2, 0) is 4.79 Å². The van der Waals surface area contributed by atoms with E-state index in [0.29, 0.717) is 11.6 Å². The lowest BCUT2D eigenvalue weighted by molar-refractivity contribution is -0.114. The zero-order valence-electron chi connectivity index (χ0n) is 13.7. The van der Waals surface area contributed by atoms with Crippen molar-refractivity contribution in [2.75, 3.05) is 10.2 Å². The van der Waals surface area contributed by atoms with Gasteiger partial charge in [-0.1, -0.05) is 49.4 Å². The Labute approximate surface area is 142 Å². The van der Waals surface area contributed by atoms with Crippen LogP contribution in [-0.4, -0.2) is 5.91 Å². The van der Waals surface area contributed by atoms with Gasteiger partial charge in [0.05, 0.1) is 5.70 Å². The predicted octanol–water partition coefficient (Wildman–Crippen LogP) is 4.71. The maximum atomic E-state index is 13.1. The third-order valence-electron chi connectivity index (χ3n) is 4.59. The van der Waals surface area contributed by atoms with Gasteiger partial charge in [0, 0.05) is 16.9 Å². The van der Waals surface area contributed by atoms with E-state index in [4.69, 9.17) is 0 Å². The van der Waals surface area contributed by atoms with Crippen LogP contribution in [0.25, 0.3) is 0 Å². The van der Waals surface area contributed by atoms with Crippen LogP contribution < -0.4 is 10.2 Å². The number of nitrogens with one attached hydrogen (secondary N) is 1. The van der Waals surface area contributed by atoms with Crippen LogP contribution in [0.2, 0.25) is 0 Å². The van der Waals surface area contributed by atoms with Gasteiger partial charge in [0.2, 0.25) is 0 Å². The summed E-state index contributed by atoms with van der Waals surface area (Å²) in [5, 5.41) is 3.36. The Hall–Kier alpha value is -2.81. The second-order valence-corrected chi connectivity index (χ2v) is 6.46. The molecule has 0 radical (unpaired) electrons. The molecule has 4 rings (SSSR count). The molecule has 0 saturated carbocycles. The van der Waals surface area contributed by atoms with E-state index >= 15 is 0 Å². The SMILES string of the molecule is C[C@H]1CC=C2C(=C(Nc3ccccc3)C(=O)N2c2ccccc2)C1. The van der Waals surface area contributed by atoms with Crippen molar-refractivity contribution in [3.05, 3.63) is 83.7 Å². The summed E-state index contributed by atoms with van der Waals surface area (Å²) in [6, 6.07) is 19.8. The monoisotopic (exact) mass is 316 g/mol. The minimum absolute atomic E-state index is 0.0282. The zero-order chi connectivity index (χ0) is 16.5. The molecule has 0 bridgehead atoms. The van der Waals surface area contributed by atoms with Gasteiger partial charge < -0.3 is 5.32 Å². The summed E-state index contributed by atoms with van der Waals surface area (Å²) in [5.74, 6) is 0.584. The number of fused-ring (bicyclic) bond motifs is 1. The molecule has 1 atom stereocenters. The molecule has 1 N–H and O–H groups in total. The first-order valence-corrected chi connectivity index (χ1v) is 8.39. The fraction of sp³-hybridized carbons (Fsp3) is 0.190. The lowest BCUT2D eigenvalue weighted by Gasteiger charge is -2.24. The van der Waals surface area contributed by atoms with E-state index in [1.807, 2.05) is 65.6 Å². The Balaban J connectivity index is 1.77. The molecule has 3 nitrogen and oxygen atoms in total. The highest BCUT2D eigenvalue weighted by Crippen LogP contribution is 2.41. The quantitative estimate of drug-likeness (QED) is 0.889. The lowest BCUT2D eigenvalue weighted by atomic mass is 9.90. The molecule has 1 aliphatic heterocycles. The highest BCUT2D eigenvalue weighted by atomic mass is 16.2. The van der Waals surface area contributed by atoms with E-state index in [9.17, 15) is 4.79 Å². The van der Waals surface area contributed by atoms with Crippen molar-refractivity contribution in [3.63, 3.8) is 0 Å². The van der Waals surface area contributed by atoms with Crippen molar-refractivity contribution in [1.82, 2.24) is 0 Å². The topological polar surface area (TPSA) is 32.3 Å². The number of carbonyl (C=O) groups is 1. The minimum atomic E-state index is 0.0282. The molecule has 2 aromatic carbocycles. The predicted molar refractivity (Wildman–Crippen MR) is 97.5 cm³/mol. The Bertz CT molecular complexity index is 821. The van der Waals surface area contributed by atoms with E-state index in [0.717, 1.165) is 35.5 Å². The number of hydrogen-bond donors (Lipinski definition) is 1. The summed E-state index contributed by atoms with van der Waals surface area (Å²) in [7, 11) is 0. The maximum absolute atomic E-state index is 13.1. The lowest BCUT2D eigenvalue weighted by Crippen LogP contribution is -2.27. The van der Waals surface area contributed by atoms with Gasteiger partial charge in [0.25, 0.3) is 5.91 Å². The number of anilines is 2. The molecule has 1 amide bonds. The molecule has 0 spiro atoms. The summed E-state index contributed by atoms with van der Waals surface area (Å²) in [6.07, 6.45) is 4.14. The summed E-state index contributed by atoms with van der Waals surface area (Å²) in [5.41, 5.74) is 4.75.